The lowest BCUT2D eigenvalue weighted by Gasteiger charge is -2.49. The molecule has 1 aromatic rings. The van der Waals surface area contributed by atoms with Crippen LogP contribution < -0.4 is 25.4 Å². The summed E-state index contributed by atoms with van der Waals surface area (Å²) in [4.78, 5) is 118. The van der Waals surface area contributed by atoms with Crippen molar-refractivity contribution in [2.75, 3.05) is 32.8 Å². The number of benzene rings is 1. The Hall–Kier alpha value is -5.60. The van der Waals surface area contributed by atoms with Gasteiger partial charge in [-0.15, -0.1) is 11.8 Å². The highest BCUT2D eigenvalue weighted by Gasteiger charge is 2.74. The van der Waals surface area contributed by atoms with Crippen LogP contribution in [-0.2, 0) is 38.2 Å². The molecule has 3 fully saturated rings. The molecule has 4 rings (SSSR count). The number of carboxylic acids is 1. The number of imide groups is 1. The SMILES string of the molecule is CCOC(=O)Oc1ccc(C(NC(=O)N2CCN(CC)C(=O)C2=O)C(=O)N[C@@]2(C(=O)O)N3C(=O)[C@H](NC=O)[C@H]3SC2(C)C)cc1OC(=O)OCC. The van der Waals surface area contributed by atoms with Gasteiger partial charge in [0.05, 0.1) is 18.0 Å². The third-order valence-corrected chi connectivity index (χ3v) is 9.84. The Labute approximate surface area is 294 Å². The predicted molar refractivity (Wildman–Crippen MR) is 171 cm³/mol. The standard InChI is InChI=1S/C30H36N6O14S/c1-6-34-11-12-35(23(41)22(34)40)26(44)32-18(15-9-10-16(49-27(45)47-7-2)17(13-15)50-28(46)48-8-3)20(38)33-30(25(42)43)29(4,5)51-24-19(31-14-37)21(39)36(24)30/h9-10,13-14,18-19,24H,6-8,11-12H2,1-5H3,(H,31,37)(H,32,44)(H,33,38)(H,42,43)/t18?,19-,24+,30-/m0/s1. The van der Waals surface area contributed by atoms with Crippen molar-refractivity contribution in [1.29, 1.82) is 0 Å². The maximum absolute atomic E-state index is 14.3. The molecule has 0 radical (unpaired) electrons. The van der Waals surface area contributed by atoms with Crippen LogP contribution in [0.4, 0.5) is 14.4 Å². The second-order valence-electron chi connectivity index (χ2n) is 11.5. The zero-order valence-electron chi connectivity index (χ0n) is 28.1. The van der Waals surface area contributed by atoms with E-state index in [0.29, 0.717) is 4.90 Å². The van der Waals surface area contributed by atoms with E-state index in [-0.39, 0.29) is 50.6 Å². The number of hydrogen-bond donors (Lipinski definition) is 4. The lowest BCUT2D eigenvalue weighted by atomic mass is 9.88. The molecule has 20 nitrogen and oxygen atoms in total. The van der Waals surface area contributed by atoms with Gasteiger partial charge in [-0.25, -0.2) is 19.2 Å². The molecule has 0 saturated carbocycles. The fourth-order valence-electron chi connectivity index (χ4n) is 5.73. The molecule has 21 heteroatoms. The molecule has 3 aliphatic rings. The fraction of sp³-hybridized carbons (Fsp3) is 0.500. The number of carboxylic acid groups (broad SMARTS) is 1. The van der Waals surface area contributed by atoms with E-state index in [1.165, 1.54) is 32.6 Å². The molecule has 0 aromatic heterocycles. The third-order valence-electron chi connectivity index (χ3n) is 8.23. The first-order valence-electron chi connectivity index (χ1n) is 15.6. The van der Waals surface area contributed by atoms with E-state index < -0.39 is 81.6 Å². The Morgan fingerprint density at radius 2 is 1.61 bits per heavy atom. The third kappa shape index (κ3) is 7.05. The Balaban J connectivity index is 1.79. The van der Waals surface area contributed by atoms with Crippen LogP contribution in [-0.4, -0.2) is 129 Å². The van der Waals surface area contributed by atoms with Crippen molar-refractivity contribution < 1.29 is 67.2 Å². The minimum absolute atomic E-state index is 0.00916. The van der Waals surface area contributed by atoms with Gasteiger partial charge >= 0.3 is 36.1 Å². The second-order valence-corrected chi connectivity index (χ2v) is 13.2. The number of fused-ring (bicyclic) bond motifs is 1. The van der Waals surface area contributed by atoms with Crippen molar-refractivity contribution in [3.05, 3.63) is 23.8 Å². The molecule has 0 spiro atoms. The van der Waals surface area contributed by atoms with Crippen LogP contribution in [0, 0.1) is 0 Å². The molecule has 4 atom stereocenters. The smallest absolute Gasteiger partial charge is 0.478 e. The molecule has 276 valence electrons. The van der Waals surface area contributed by atoms with Gasteiger partial charge in [-0.2, -0.15) is 0 Å². The minimum Gasteiger partial charge on any atom is -0.478 e. The molecule has 4 N–H and O–H groups in total. The molecule has 0 aliphatic carbocycles. The number of hydrogen-bond acceptors (Lipinski definition) is 14. The topological polar surface area (TPSA) is 257 Å². The lowest BCUT2D eigenvalue weighted by Crippen LogP contribution is -2.80. The number of carbonyl (C=O) groups is 9. The number of aliphatic carboxylic acids is 1. The zero-order valence-corrected chi connectivity index (χ0v) is 28.9. The van der Waals surface area contributed by atoms with E-state index in [0.717, 1.165) is 34.9 Å². The molecule has 51 heavy (non-hydrogen) atoms. The maximum atomic E-state index is 14.3. The predicted octanol–water partition coefficient (Wildman–Crippen LogP) is -0.0960. The Morgan fingerprint density at radius 1 is 0.980 bits per heavy atom. The summed E-state index contributed by atoms with van der Waals surface area (Å²) in [7, 11) is 0. The number of β-lactam (4-membered cyclic amide) rings is 1. The summed E-state index contributed by atoms with van der Waals surface area (Å²) >= 11 is 0.993. The number of amides is 7. The number of ether oxygens (including phenoxy) is 4. The van der Waals surface area contributed by atoms with Crippen LogP contribution >= 0.6 is 11.8 Å². The average Bonchev–Trinajstić information content (AvgIpc) is 3.28. The van der Waals surface area contributed by atoms with Crippen molar-refractivity contribution in [1.82, 2.24) is 30.7 Å². The molecule has 3 heterocycles. The van der Waals surface area contributed by atoms with Crippen molar-refractivity contribution in [3.8, 4) is 11.5 Å². The summed E-state index contributed by atoms with van der Waals surface area (Å²) in [5.74, 6) is -6.74. The van der Waals surface area contributed by atoms with Crippen molar-refractivity contribution in [2.24, 2.45) is 0 Å². The van der Waals surface area contributed by atoms with E-state index in [2.05, 4.69) is 16.0 Å². The summed E-state index contributed by atoms with van der Waals surface area (Å²) in [6, 6.07) is -0.983. The molecule has 3 saturated heterocycles. The quantitative estimate of drug-likeness (QED) is 0.0719. The molecule has 1 unspecified atom stereocenters. The first kappa shape index (κ1) is 38.2. The summed E-state index contributed by atoms with van der Waals surface area (Å²) in [5.41, 5.74) is -2.66. The van der Waals surface area contributed by atoms with Crippen LogP contribution in [0.25, 0.3) is 0 Å². The lowest BCUT2D eigenvalue weighted by molar-refractivity contribution is -0.176. The van der Waals surface area contributed by atoms with Gasteiger partial charge < -0.3 is 44.9 Å². The van der Waals surface area contributed by atoms with Gasteiger partial charge in [-0.3, -0.25) is 33.8 Å². The van der Waals surface area contributed by atoms with E-state index in [4.69, 9.17) is 18.9 Å². The van der Waals surface area contributed by atoms with Gasteiger partial charge in [-0.05, 0) is 52.3 Å². The van der Waals surface area contributed by atoms with Crippen LogP contribution in [0.15, 0.2) is 18.2 Å². The van der Waals surface area contributed by atoms with E-state index in [9.17, 15) is 48.3 Å². The number of piperazine rings is 1. The van der Waals surface area contributed by atoms with E-state index in [1.54, 1.807) is 6.92 Å². The van der Waals surface area contributed by atoms with Gasteiger partial charge in [-0.1, -0.05) is 6.07 Å². The van der Waals surface area contributed by atoms with Gasteiger partial charge in [0.25, 0.3) is 5.91 Å². The summed E-state index contributed by atoms with van der Waals surface area (Å²) in [6.45, 7) is 7.29. The second kappa shape index (κ2) is 15.1. The highest BCUT2D eigenvalue weighted by molar-refractivity contribution is 8.01. The monoisotopic (exact) mass is 736 g/mol. The zero-order chi connectivity index (χ0) is 37.8. The number of thioether (sulfide) groups is 1. The fourth-order valence-corrected chi connectivity index (χ4v) is 7.44. The first-order chi connectivity index (χ1) is 24.1. The summed E-state index contributed by atoms with van der Waals surface area (Å²) < 4.78 is 18.4. The van der Waals surface area contributed by atoms with Crippen molar-refractivity contribution in [2.45, 2.75) is 62.5 Å². The Bertz CT molecular complexity index is 1650. The maximum Gasteiger partial charge on any atom is 0.513 e. The number of carbonyl (C=O) groups excluding carboxylic acids is 8. The largest absolute Gasteiger partial charge is 0.513 e. The highest BCUT2D eigenvalue weighted by atomic mass is 32.2. The van der Waals surface area contributed by atoms with Gasteiger partial charge in [0.15, 0.2) is 11.5 Å². The van der Waals surface area contributed by atoms with Crippen LogP contribution in [0.2, 0.25) is 0 Å². The van der Waals surface area contributed by atoms with Crippen molar-refractivity contribution in [3.63, 3.8) is 0 Å². The first-order valence-corrected chi connectivity index (χ1v) is 16.5. The number of nitrogens with zero attached hydrogens (tertiary/aromatic N) is 3. The van der Waals surface area contributed by atoms with Gasteiger partial charge in [0, 0.05) is 19.6 Å². The average molecular weight is 737 g/mol. The number of likely N-dealkylation sites (N-methyl/N-ethyl adjacent to an activating group) is 1. The molecular weight excluding hydrogens is 700 g/mol. The van der Waals surface area contributed by atoms with E-state index in [1.807, 2.05) is 0 Å². The normalized spacial score (nSPS) is 22.5. The molecular formula is C30H36N6O14S. The van der Waals surface area contributed by atoms with Crippen molar-refractivity contribution >= 4 is 66.1 Å². The van der Waals surface area contributed by atoms with E-state index >= 15 is 0 Å². The minimum atomic E-state index is -2.45. The van der Waals surface area contributed by atoms with Gasteiger partial charge in [0.1, 0.15) is 17.5 Å². The van der Waals surface area contributed by atoms with Gasteiger partial charge in [0.2, 0.25) is 18.0 Å². The number of rotatable bonds is 12. The molecule has 1 aromatic carbocycles. The van der Waals surface area contributed by atoms with Crippen LogP contribution in [0.3, 0.4) is 0 Å². The number of nitrogens with one attached hydrogen (secondary N) is 3. The Morgan fingerprint density at radius 3 is 2.18 bits per heavy atom. The molecule has 3 aliphatic heterocycles. The number of urea groups is 1. The summed E-state index contributed by atoms with van der Waals surface area (Å²) in [5, 5.41) is 16.7. The highest BCUT2D eigenvalue weighted by Crippen LogP contribution is 2.55. The molecule has 7 amide bonds. The van der Waals surface area contributed by atoms with Crippen LogP contribution in [0.1, 0.15) is 46.2 Å². The van der Waals surface area contributed by atoms with Crippen LogP contribution in [0.5, 0.6) is 11.5 Å². The Kier molecular flexibility index (Phi) is 11.3. The molecule has 0 bridgehead atoms. The summed E-state index contributed by atoms with van der Waals surface area (Å²) in [6.07, 6.45) is -2.14.